The van der Waals surface area contributed by atoms with Gasteiger partial charge in [-0.1, -0.05) is 11.6 Å². The van der Waals surface area contributed by atoms with Gasteiger partial charge in [-0.15, -0.1) is 11.3 Å². The highest BCUT2D eigenvalue weighted by Gasteiger charge is 2.40. The van der Waals surface area contributed by atoms with E-state index in [2.05, 4.69) is 16.9 Å². The van der Waals surface area contributed by atoms with Gasteiger partial charge in [-0.05, 0) is 25.5 Å². The molecule has 140 valence electrons. The molecule has 0 spiro atoms. The fraction of sp³-hybridized carbons (Fsp3) is 0.368. The Hall–Kier alpha value is -2.25. The number of hydrogen-bond acceptors (Lipinski definition) is 6. The number of hydrogen-bond donors (Lipinski definition) is 0. The summed E-state index contributed by atoms with van der Waals surface area (Å²) in [4.78, 5) is 29.9. The number of nitrogens with zero attached hydrogens (tertiary/aromatic N) is 5. The van der Waals surface area contributed by atoms with E-state index in [1.165, 1.54) is 0 Å². The molecule has 1 aliphatic rings. The van der Waals surface area contributed by atoms with E-state index < -0.39 is 0 Å². The van der Waals surface area contributed by atoms with Crippen molar-refractivity contribution in [3.8, 4) is 0 Å². The van der Waals surface area contributed by atoms with E-state index in [0.29, 0.717) is 23.4 Å². The minimum Gasteiger partial charge on any atom is -0.354 e. The van der Waals surface area contributed by atoms with E-state index in [1.807, 2.05) is 24.2 Å². The fourth-order valence-corrected chi connectivity index (χ4v) is 4.63. The first kappa shape index (κ1) is 18.1. The Labute approximate surface area is 166 Å². The monoisotopic (exact) mass is 401 g/mol. The third-order valence-corrected chi connectivity index (χ3v) is 6.02. The third-order valence-electron chi connectivity index (χ3n) is 4.82. The molecule has 0 radical (unpaired) electrons. The van der Waals surface area contributed by atoms with Crippen LogP contribution in [-0.4, -0.2) is 34.7 Å². The molecule has 8 heteroatoms. The van der Waals surface area contributed by atoms with Crippen LogP contribution in [0.4, 0.5) is 5.82 Å². The molecule has 0 N–H and O–H groups in total. The summed E-state index contributed by atoms with van der Waals surface area (Å²) in [6.07, 6.45) is 4.64. The summed E-state index contributed by atoms with van der Waals surface area (Å²) in [6.45, 7) is 2.57. The topological polar surface area (TPSA) is 62.9 Å². The molecule has 1 fully saturated rings. The normalized spacial score (nSPS) is 19.1. The van der Waals surface area contributed by atoms with E-state index in [9.17, 15) is 4.79 Å². The van der Waals surface area contributed by atoms with Crippen LogP contribution >= 0.6 is 22.9 Å². The molecule has 2 unspecified atom stereocenters. The number of aryl methyl sites for hydroxylation is 1. The molecule has 4 rings (SSSR count). The maximum absolute atomic E-state index is 12.8. The molecule has 0 bridgehead atoms. The van der Waals surface area contributed by atoms with Crippen LogP contribution in [0.15, 0.2) is 34.2 Å². The van der Waals surface area contributed by atoms with Gasteiger partial charge >= 0.3 is 0 Å². The predicted molar refractivity (Wildman–Crippen MR) is 111 cm³/mol. The van der Waals surface area contributed by atoms with Crippen LogP contribution in [0.3, 0.4) is 0 Å². The van der Waals surface area contributed by atoms with E-state index in [1.54, 1.807) is 41.1 Å². The summed E-state index contributed by atoms with van der Waals surface area (Å²) >= 11 is 7.47. The molecular weight excluding hydrogens is 382 g/mol. The predicted octanol–water partition coefficient (Wildman–Crippen LogP) is 3.55. The second kappa shape index (κ2) is 7.05. The third kappa shape index (κ3) is 3.49. The van der Waals surface area contributed by atoms with Crippen LogP contribution < -0.4 is 10.5 Å². The van der Waals surface area contributed by atoms with Crippen molar-refractivity contribution in [2.75, 3.05) is 19.0 Å². The highest BCUT2D eigenvalue weighted by atomic mass is 35.5. The van der Waals surface area contributed by atoms with Gasteiger partial charge < -0.3 is 9.89 Å². The van der Waals surface area contributed by atoms with Gasteiger partial charge in [-0.3, -0.25) is 9.20 Å². The number of rotatable bonds is 5. The molecule has 0 aromatic carbocycles. The quantitative estimate of drug-likeness (QED) is 0.613. The molecule has 3 aromatic heterocycles. The van der Waals surface area contributed by atoms with Crippen LogP contribution in [0, 0.1) is 12.8 Å². The average Bonchev–Trinajstić information content (AvgIpc) is 3.28. The highest BCUT2D eigenvalue weighted by molar-refractivity contribution is 7.17. The standard InChI is InChI=1S/C19H20ClN5OS/c1-11-18(15-6-12(15)8-21-2)25-17(26)7-14(23-19(25)27-11)10-24(3)16-5-4-13(20)9-22-16/h4-5,7-9,12,15H,6,10H2,1-3H3/b21-8-. The van der Waals surface area contributed by atoms with Crippen LogP contribution in [0.1, 0.15) is 28.6 Å². The van der Waals surface area contributed by atoms with Crippen LogP contribution in [0.5, 0.6) is 0 Å². The first-order chi connectivity index (χ1) is 13.0. The average molecular weight is 402 g/mol. The Morgan fingerprint density at radius 3 is 3.00 bits per heavy atom. The highest BCUT2D eigenvalue weighted by Crippen LogP contribution is 2.48. The Balaban J connectivity index is 1.65. The smallest absolute Gasteiger partial charge is 0.259 e. The van der Waals surface area contributed by atoms with Gasteiger partial charge in [0.25, 0.3) is 5.56 Å². The lowest BCUT2D eigenvalue weighted by molar-refractivity contribution is 0.844. The fourth-order valence-electron chi connectivity index (χ4n) is 3.45. The van der Waals surface area contributed by atoms with Gasteiger partial charge in [0, 0.05) is 55.0 Å². The first-order valence-corrected chi connectivity index (χ1v) is 9.94. The molecule has 0 aliphatic heterocycles. The number of aromatic nitrogens is 3. The van der Waals surface area contributed by atoms with Crippen LogP contribution in [-0.2, 0) is 6.54 Å². The molecule has 1 aliphatic carbocycles. The molecule has 0 saturated heterocycles. The van der Waals surface area contributed by atoms with Gasteiger partial charge in [-0.25, -0.2) is 9.97 Å². The summed E-state index contributed by atoms with van der Waals surface area (Å²) in [5, 5.41) is 0.595. The second-order valence-corrected chi connectivity index (χ2v) is 8.47. The van der Waals surface area contributed by atoms with Crippen molar-refractivity contribution in [1.29, 1.82) is 0 Å². The number of pyridine rings is 1. The SMILES string of the molecule is C/N=C\C1CC1c1c(C)sc2nc(CN(C)c3ccc(Cl)cn3)cc(=O)n12. The summed E-state index contributed by atoms with van der Waals surface area (Å²) in [6, 6.07) is 5.27. The Morgan fingerprint density at radius 2 is 2.30 bits per heavy atom. The molecule has 1 saturated carbocycles. The molecule has 27 heavy (non-hydrogen) atoms. The first-order valence-electron chi connectivity index (χ1n) is 8.75. The summed E-state index contributed by atoms with van der Waals surface area (Å²) in [5.74, 6) is 1.58. The van der Waals surface area contributed by atoms with Gasteiger partial charge in [0.1, 0.15) is 5.82 Å². The zero-order valence-electron chi connectivity index (χ0n) is 15.4. The van der Waals surface area contributed by atoms with Gasteiger partial charge in [0.05, 0.1) is 17.3 Å². The van der Waals surface area contributed by atoms with Crippen LogP contribution in [0.2, 0.25) is 5.02 Å². The van der Waals surface area contributed by atoms with E-state index in [0.717, 1.165) is 33.5 Å². The lowest BCUT2D eigenvalue weighted by atomic mass is 10.2. The van der Waals surface area contributed by atoms with Gasteiger partial charge in [-0.2, -0.15) is 0 Å². The minimum absolute atomic E-state index is 0.0223. The molecule has 0 amide bonds. The number of fused-ring (bicyclic) bond motifs is 1. The van der Waals surface area contributed by atoms with Gasteiger partial charge in [0.2, 0.25) is 0 Å². The zero-order valence-corrected chi connectivity index (χ0v) is 17.0. The maximum atomic E-state index is 12.8. The van der Waals surface area contributed by atoms with Gasteiger partial charge in [0.15, 0.2) is 4.96 Å². The lowest BCUT2D eigenvalue weighted by Gasteiger charge is -2.17. The lowest BCUT2D eigenvalue weighted by Crippen LogP contribution is -2.22. The minimum atomic E-state index is -0.0223. The number of aliphatic imine (C=N–C) groups is 1. The Morgan fingerprint density at radius 1 is 1.48 bits per heavy atom. The zero-order chi connectivity index (χ0) is 19.1. The van der Waals surface area contributed by atoms with Crippen molar-refractivity contribution < 1.29 is 0 Å². The van der Waals surface area contributed by atoms with Crippen molar-refractivity contribution in [2.45, 2.75) is 25.8 Å². The molecule has 6 nitrogen and oxygen atoms in total. The second-order valence-electron chi connectivity index (χ2n) is 6.85. The van der Waals surface area contributed by atoms with Crippen molar-refractivity contribution in [2.24, 2.45) is 10.9 Å². The summed E-state index contributed by atoms with van der Waals surface area (Å²) in [5.41, 5.74) is 1.80. The summed E-state index contributed by atoms with van der Waals surface area (Å²) < 4.78 is 1.78. The Bertz CT molecular complexity index is 1070. The maximum Gasteiger partial charge on any atom is 0.259 e. The van der Waals surface area contributed by atoms with E-state index in [4.69, 9.17) is 16.6 Å². The van der Waals surface area contributed by atoms with Crippen molar-refractivity contribution in [3.05, 3.63) is 56.0 Å². The number of anilines is 1. The van der Waals surface area contributed by atoms with Crippen LogP contribution in [0.25, 0.3) is 4.96 Å². The molecule has 3 heterocycles. The van der Waals surface area contributed by atoms with E-state index >= 15 is 0 Å². The molecular formula is C19H20ClN5OS. The Kier molecular flexibility index (Phi) is 4.74. The summed E-state index contributed by atoms with van der Waals surface area (Å²) in [7, 11) is 3.71. The van der Waals surface area contributed by atoms with E-state index in [-0.39, 0.29) is 5.56 Å². The van der Waals surface area contributed by atoms with Crippen molar-refractivity contribution >= 4 is 39.9 Å². The molecule has 2 atom stereocenters. The largest absolute Gasteiger partial charge is 0.354 e. The number of halogens is 1. The van der Waals surface area contributed by atoms with Crippen molar-refractivity contribution in [1.82, 2.24) is 14.4 Å². The number of thiazole rings is 1. The van der Waals surface area contributed by atoms with Crippen molar-refractivity contribution in [3.63, 3.8) is 0 Å². The molecule has 3 aromatic rings.